The number of esters is 2. The number of amidine groups is 2. The fourth-order valence-electron chi connectivity index (χ4n) is 12.9. The summed E-state index contributed by atoms with van der Waals surface area (Å²) in [4.78, 5) is 103. The Balaban J connectivity index is 0.000000177. The second-order valence-electron chi connectivity index (χ2n) is 23.7. The summed E-state index contributed by atoms with van der Waals surface area (Å²) < 4.78 is 54.2. The highest BCUT2D eigenvalue weighted by Gasteiger charge is 2.45. The van der Waals surface area contributed by atoms with Crippen LogP contribution in [0.4, 0.5) is 34.1 Å². The summed E-state index contributed by atoms with van der Waals surface area (Å²) in [7, 11) is 1.32. The smallest absolute Gasteiger partial charge is 0.338 e. The van der Waals surface area contributed by atoms with Crippen molar-refractivity contribution in [1.29, 1.82) is 0 Å². The molecular formula is C69H63Cl2F3N14O8S2. The van der Waals surface area contributed by atoms with Gasteiger partial charge in [0.1, 0.15) is 35.4 Å². The predicted octanol–water partition coefficient (Wildman–Crippen LogP) is 11.0. The minimum atomic E-state index is -1.07. The molecule has 22 nitrogen and oxygen atoms in total. The van der Waals surface area contributed by atoms with E-state index in [2.05, 4.69) is 47.3 Å². The first kappa shape index (κ1) is 66.8. The van der Waals surface area contributed by atoms with Crippen LogP contribution in [0, 0.1) is 17.5 Å². The molecule has 9 heterocycles. The van der Waals surface area contributed by atoms with Gasteiger partial charge >= 0.3 is 30.0 Å². The number of hydrogen-bond acceptors (Lipinski definition) is 18. The van der Waals surface area contributed by atoms with Crippen molar-refractivity contribution >= 4 is 98.9 Å². The van der Waals surface area contributed by atoms with Crippen molar-refractivity contribution < 1.29 is 51.7 Å². The molecule has 29 heteroatoms. The van der Waals surface area contributed by atoms with Crippen molar-refractivity contribution in [3.63, 3.8) is 0 Å². The second-order valence-corrected chi connectivity index (χ2v) is 26.3. The van der Waals surface area contributed by atoms with Crippen molar-refractivity contribution in [1.82, 2.24) is 50.2 Å². The minimum absolute atomic E-state index is 0.0249. The van der Waals surface area contributed by atoms with Gasteiger partial charge in [0.2, 0.25) is 0 Å². The van der Waals surface area contributed by atoms with Crippen LogP contribution in [0.3, 0.4) is 0 Å². The van der Waals surface area contributed by atoms with Crippen LogP contribution < -0.4 is 20.4 Å². The number of rotatable bonds is 17. The number of aryl methyl sites for hydroxylation is 1. The fraction of sp³-hybridized carbons (Fsp3) is 0.275. The molecule has 0 bridgehead atoms. The molecule has 6 aliphatic heterocycles. The summed E-state index contributed by atoms with van der Waals surface area (Å²) in [6.45, 7) is 8.47. The van der Waals surface area contributed by atoms with Gasteiger partial charge in [-0.05, 0) is 97.8 Å². The highest BCUT2D eigenvalue weighted by atomic mass is 35.5. The van der Waals surface area contributed by atoms with Gasteiger partial charge < -0.3 is 40.0 Å². The summed E-state index contributed by atoms with van der Waals surface area (Å²) in [5.41, 5.74) is 6.74. The molecule has 0 aliphatic carbocycles. The Morgan fingerprint density at radius 1 is 0.633 bits per heavy atom. The zero-order valence-electron chi connectivity index (χ0n) is 52.9. The van der Waals surface area contributed by atoms with Crippen LogP contribution >= 0.6 is 45.9 Å². The molecule has 0 unspecified atom stereocenters. The number of H-pyrrole nitrogens is 1. The van der Waals surface area contributed by atoms with Crippen LogP contribution in [0.15, 0.2) is 165 Å². The molecule has 14 rings (SSSR count). The minimum Gasteiger partial charge on any atom is -0.478 e. The van der Waals surface area contributed by atoms with E-state index in [1.165, 1.54) is 84.4 Å². The zero-order valence-corrected chi connectivity index (χ0v) is 56.1. The third kappa shape index (κ3) is 13.8. The first-order chi connectivity index (χ1) is 47.4. The van der Waals surface area contributed by atoms with Gasteiger partial charge in [0.05, 0.1) is 42.5 Å². The molecule has 4 amide bonds. The number of nitrogens with one attached hydrogen (secondary N) is 3. The lowest BCUT2D eigenvalue weighted by Gasteiger charge is -2.38. The Morgan fingerprint density at radius 3 is 1.62 bits per heavy atom. The van der Waals surface area contributed by atoms with Crippen molar-refractivity contribution in [3.8, 4) is 22.5 Å². The van der Waals surface area contributed by atoms with Crippen LogP contribution in [-0.2, 0) is 25.5 Å². The number of ether oxygens (including phenoxy) is 2. The monoisotopic (exact) mass is 1410 g/mol. The molecule has 0 spiro atoms. The average molecular weight is 1410 g/mol. The summed E-state index contributed by atoms with van der Waals surface area (Å²) in [5, 5.41) is 21.0. The van der Waals surface area contributed by atoms with E-state index in [1.54, 1.807) is 53.4 Å². The standard InChI is InChI=1S/C36H31ClF2N6O5S.C33H32ClFN8O3S/c1-2-50-35(48)30-29(41-32(33-40-11-14-51-33)42-31(30)26-9-7-22(38)15-27(26)37)19-43-12-13-44-24(17-43)18-45(36(44)49)23-8-10-25(28(39)16-23)20-3-5-21(6-4-20)34(46)47;1-3-21-15-37-29(38-21)19-4-7-22(8-5-19)43-17-23-16-41(11-12-42(23)33(43)45)18-26-27(32(44)46-2)28(24-9-6-20(35)14-25(24)34)40-30(39-26)31-36-10-13-47-31/h3-11,14-16,24,31H,2,12-13,17-19H2,1H3,(H,41,42)(H,46,47);4-10,13-15,23,28H,3,11-12,16-18H2,1-2H3,(H,37,38)(H,39,40)/t24-,31-;23-,28-/m00/s1. The molecule has 504 valence electrons. The number of aromatic nitrogens is 4. The van der Waals surface area contributed by atoms with Crippen LogP contribution in [-0.4, -0.2) is 178 Å². The van der Waals surface area contributed by atoms with E-state index >= 15 is 4.39 Å². The second kappa shape index (κ2) is 28.7. The Labute approximate surface area is 578 Å². The fourth-order valence-corrected chi connectivity index (χ4v) is 14.6. The zero-order chi connectivity index (χ0) is 68.5. The molecule has 8 aromatic rings. The molecule has 4 saturated heterocycles. The third-order valence-corrected chi connectivity index (χ3v) is 20.0. The van der Waals surface area contributed by atoms with Crippen molar-refractivity contribution in [2.45, 2.75) is 44.4 Å². The highest BCUT2D eigenvalue weighted by molar-refractivity contribution is 7.12. The van der Waals surface area contributed by atoms with Crippen molar-refractivity contribution in [3.05, 3.63) is 215 Å². The summed E-state index contributed by atoms with van der Waals surface area (Å²) >= 11 is 15.8. The maximum absolute atomic E-state index is 15.4. The third-order valence-electron chi connectivity index (χ3n) is 17.7. The summed E-state index contributed by atoms with van der Waals surface area (Å²) in [6, 6.07) is 24.1. The summed E-state index contributed by atoms with van der Waals surface area (Å²) in [6.07, 6.45) is 6.05. The van der Waals surface area contributed by atoms with Crippen LogP contribution in [0.1, 0.15) is 63.1 Å². The van der Waals surface area contributed by atoms with E-state index in [0.29, 0.717) is 114 Å². The number of fused-ring (bicyclic) bond motifs is 2. The van der Waals surface area contributed by atoms with E-state index in [1.807, 2.05) is 51.0 Å². The largest absolute Gasteiger partial charge is 0.478 e. The number of aromatic carboxylic acids is 1. The predicted molar refractivity (Wildman–Crippen MR) is 366 cm³/mol. The molecule has 0 radical (unpaired) electrons. The number of carbonyl (C=O) groups excluding carboxylic acids is 4. The number of methoxy groups -OCH3 is 1. The molecule has 98 heavy (non-hydrogen) atoms. The lowest BCUT2D eigenvalue weighted by molar-refractivity contribution is -0.139. The Morgan fingerprint density at radius 2 is 1.15 bits per heavy atom. The van der Waals surface area contributed by atoms with Gasteiger partial charge in [-0.2, -0.15) is 0 Å². The van der Waals surface area contributed by atoms with E-state index in [4.69, 9.17) is 42.7 Å². The van der Waals surface area contributed by atoms with E-state index in [9.17, 15) is 37.9 Å². The molecule has 0 saturated carbocycles. The van der Waals surface area contributed by atoms with E-state index in [-0.39, 0.29) is 69.6 Å². The number of aromatic amines is 1. The average Bonchev–Trinajstić information content (AvgIpc) is 1.38. The molecule has 3 aromatic heterocycles. The van der Waals surface area contributed by atoms with Crippen molar-refractivity contribution in [2.24, 2.45) is 9.98 Å². The Hall–Kier alpha value is -9.77. The van der Waals surface area contributed by atoms with Gasteiger partial charge in [-0.15, -0.1) is 22.7 Å². The number of nitrogens with zero attached hydrogens (tertiary/aromatic N) is 11. The number of aliphatic imine (C=N–C) groups is 2. The molecule has 4 fully saturated rings. The van der Waals surface area contributed by atoms with Gasteiger partial charge in [0.15, 0.2) is 21.7 Å². The summed E-state index contributed by atoms with van der Waals surface area (Å²) in [5.74, 6) is -2.05. The van der Waals surface area contributed by atoms with E-state index < -0.39 is 47.4 Å². The molecule has 6 aliphatic rings. The number of urea groups is 2. The number of hydrogen-bond donors (Lipinski definition) is 4. The number of carboxylic acid groups (broad SMARTS) is 1. The number of amides is 4. The van der Waals surface area contributed by atoms with Gasteiger partial charge in [-0.1, -0.05) is 54.4 Å². The molecular weight excluding hydrogens is 1340 g/mol. The maximum atomic E-state index is 15.4. The number of imidazole rings is 1. The number of carboxylic acids is 1. The first-order valence-corrected chi connectivity index (χ1v) is 33.9. The molecule has 5 aromatic carbocycles. The number of halogens is 5. The highest BCUT2D eigenvalue weighted by Crippen LogP contribution is 2.41. The van der Waals surface area contributed by atoms with Gasteiger partial charge in [0, 0.05) is 156 Å². The number of benzene rings is 5. The van der Waals surface area contributed by atoms with Crippen LogP contribution in [0.5, 0.6) is 0 Å². The maximum Gasteiger partial charge on any atom is 0.338 e. The van der Waals surface area contributed by atoms with E-state index in [0.717, 1.165) is 29.2 Å². The number of piperazine rings is 2. The lowest BCUT2D eigenvalue weighted by Crippen LogP contribution is -2.53. The molecule has 4 atom stereocenters. The number of anilines is 2. The number of carbonyl (C=O) groups is 5. The topological polar surface area (TPSA) is 247 Å². The lowest BCUT2D eigenvalue weighted by atomic mass is 9.95. The van der Waals surface area contributed by atoms with Gasteiger partial charge in [-0.3, -0.25) is 29.6 Å². The Bertz CT molecular complexity index is 4520. The van der Waals surface area contributed by atoms with Gasteiger partial charge in [-0.25, -0.2) is 52.1 Å². The Kier molecular flexibility index (Phi) is 19.6. The van der Waals surface area contributed by atoms with Crippen LogP contribution in [0.25, 0.3) is 22.5 Å². The van der Waals surface area contributed by atoms with Crippen molar-refractivity contribution in [2.75, 3.05) is 89.0 Å². The SMILES string of the molecule is CCOC(=O)C1=C(CN2CCN3C(=O)N(c4ccc(-c5ccc(C(=O)O)cc5)c(F)c4)C[C@@H]3C2)NC(c2nccs2)=N[C@H]1c1ccc(F)cc1Cl.CCc1cnc(-c2ccc(N3C[C@@H]4CN(CC5=C(C(=O)OC)[C@H](c6ccc(F)cc6Cl)N=C(c6nccs6)N5)CCN4C3=O)cc2)[nH]1. The quantitative estimate of drug-likeness (QED) is 0.0619. The van der Waals surface area contributed by atoms with Gasteiger partial charge in [0.25, 0.3) is 0 Å². The normalized spacial score (nSPS) is 19.5. The molecule has 4 N–H and O–H groups in total. The van der Waals surface area contributed by atoms with Crippen LogP contribution in [0.2, 0.25) is 10.0 Å². The first-order valence-electron chi connectivity index (χ1n) is 31.4. The number of thiazole rings is 2.